The van der Waals surface area contributed by atoms with E-state index < -0.39 is 11.7 Å². The van der Waals surface area contributed by atoms with Crippen LogP contribution < -0.4 is 11.1 Å². The van der Waals surface area contributed by atoms with Crippen LogP contribution >= 0.6 is 0 Å². The normalized spacial score (nSPS) is 14.4. The van der Waals surface area contributed by atoms with E-state index in [0.717, 1.165) is 5.56 Å². The second-order valence-corrected chi connectivity index (χ2v) is 6.78. The summed E-state index contributed by atoms with van der Waals surface area (Å²) < 4.78 is 18.5. The topological polar surface area (TPSA) is 67.6 Å². The van der Waals surface area contributed by atoms with Gasteiger partial charge in [0.1, 0.15) is 11.4 Å². The Balaban J connectivity index is 2.65. The first-order valence-electron chi connectivity index (χ1n) is 7.76. The molecular weight excluding hydrogens is 297 g/mol. The van der Waals surface area contributed by atoms with Crippen LogP contribution in [0.15, 0.2) is 24.3 Å². The number of alkyl carbamates (subject to hydrolysis) is 1. The zero-order chi connectivity index (χ0) is 17.6. The number of rotatable bonds is 6. The van der Waals surface area contributed by atoms with Gasteiger partial charge in [0.15, 0.2) is 0 Å². The summed E-state index contributed by atoms with van der Waals surface area (Å²) in [4.78, 5) is 13.9. The first kappa shape index (κ1) is 19.4. The van der Waals surface area contributed by atoms with Gasteiger partial charge in [-0.25, -0.2) is 9.18 Å². The van der Waals surface area contributed by atoms with Crippen LogP contribution in [0.25, 0.3) is 0 Å². The Morgan fingerprint density at radius 2 is 2.09 bits per heavy atom. The van der Waals surface area contributed by atoms with Crippen LogP contribution in [0.4, 0.5) is 9.18 Å². The average molecular weight is 325 g/mol. The quantitative estimate of drug-likeness (QED) is 0.843. The van der Waals surface area contributed by atoms with Crippen molar-refractivity contribution in [2.45, 2.75) is 51.9 Å². The minimum absolute atomic E-state index is 0.0919. The number of ether oxygens (including phenoxy) is 1. The largest absolute Gasteiger partial charge is 0.444 e. The van der Waals surface area contributed by atoms with E-state index in [0.29, 0.717) is 13.1 Å². The smallest absolute Gasteiger partial charge is 0.407 e. The molecule has 1 aromatic rings. The van der Waals surface area contributed by atoms with Crippen LogP contribution in [-0.2, 0) is 11.3 Å². The summed E-state index contributed by atoms with van der Waals surface area (Å²) in [5.74, 6) is -0.264. The van der Waals surface area contributed by atoms with E-state index in [4.69, 9.17) is 10.5 Å². The molecule has 0 aliphatic carbocycles. The van der Waals surface area contributed by atoms with E-state index in [1.54, 1.807) is 6.07 Å². The summed E-state index contributed by atoms with van der Waals surface area (Å²) in [7, 11) is 1.90. The highest BCUT2D eigenvalue weighted by Gasteiger charge is 2.24. The molecule has 0 heterocycles. The molecular formula is C17H28FN3O2. The first-order valence-corrected chi connectivity index (χ1v) is 7.76. The Bertz CT molecular complexity index is 517. The van der Waals surface area contributed by atoms with Crippen molar-refractivity contribution in [2.75, 3.05) is 13.6 Å². The second-order valence-electron chi connectivity index (χ2n) is 6.78. The zero-order valence-electron chi connectivity index (χ0n) is 14.6. The number of nitrogens with zero attached hydrogens (tertiary/aromatic N) is 1. The summed E-state index contributed by atoms with van der Waals surface area (Å²) in [5, 5.41) is 2.81. The van der Waals surface area contributed by atoms with Gasteiger partial charge in [0, 0.05) is 25.2 Å². The molecule has 1 amide bonds. The van der Waals surface area contributed by atoms with Gasteiger partial charge >= 0.3 is 6.09 Å². The maximum Gasteiger partial charge on any atom is 0.407 e. The number of amides is 1. The van der Waals surface area contributed by atoms with Crippen LogP contribution in [0.2, 0.25) is 0 Å². The number of likely N-dealkylation sites (N-methyl/N-ethyl adjacent to an activating group) is 1. The van der Waals surface area contributed by atoms with Crippen molar-refractivity contribution in [1.29, 1.82) is 0 Å². The molecule has 0 aromatic heterocycles. The van der Waals surface area contributed by atoms with Gasteiger partial charge in [-0.2, -0.15) is 0 Å². The number of nitrogens with one attached hydrogen (secondary N) is 1. The summed E-state index contributed by atoms with van der Waals surface area (Å²) in [6.45, 7) is 8.22. The van der Waals surface area contributed by atoms with Crippen LogP contribution in [-0.4, -0.2) is 42.3 Å². The molecule has 6 heteroatoms. The number of halogens is 1. The van der Waals surface area contributed by atoms with Crippen LogP contribution in [0.3, 0.4) is 0 Å². The SMILES string of the molecule is CC(NC(=O)OC(C)(C)C)C(CN)N(C)Cc1cccc(F)c1. The van der Waals surface area contributed by atoms with Gasteiger partial charge in [-0.1, -0.05) is 12.1 Å². The van der Waals surface area contributed by atoms with E-state index in [9.17, 15) is 9.18 Å². The average Bonchev–Trinajstić information content (AvgIpc) is 2.36. The Hall–Kier alpha value is -1.66. The lowest BCUT2D eigenvalue weighted by Gasteiger charge is -2.33. The molecule has 130 valence electrons. The highest BCUT2D eigenvalue weighted by molar-refractivity contribution is 5.68. The minimum Gasteiger partial charge on any atom is -0.444 e. The highest BCUT2D eigenvalue weighted by atomic mass is 19.1. The van der Waals surface area contributed by atoms with E-state index in [2.05, 4.69) is 5.32 Å². The number of benzene rings is 1. The Morgan fingerprint density at radius 3 is 2.61 bits per heavy atom. The zero-order valence-corrected chi connectivity index (χ0v) is 14.6. The molecule has 0 saturated carbocycles. The molecule has 0 aliphatic rings. The van der Waals surface area contributed by atoms with Crippen LogP contribution in [0.5, 0.6) is 0 Å². The number of hydrogen-bond donors (Lipinski definition) is 2. The Labute approximate surface area is 138 Å². The maximum absolute atomic E-state index is 13.3. The van der Waals surface area contributed by atoms with Crippen LogP contribution in [0.1, 0.15) is 33.3 Å². The molecule has 0 spiro atoms. The Kier molecular flexibility index (Phi) is 6.97. The lowest BCUT2D eigenvalue weighted by atomic mass is 10.1. The molecule has 0 saturated heterocycles. The van der Waals surface area contributed by atoms with Crippen molar-refractivity contribution in [1.82, 2.24) is 10.2 Å². The molecule has 0 bridgehead atoms. The molecule has 2 atom stereocenters. The predicted octanol–water partition coefficient (Wildman–Crippen LogP) is 2.50. The molecule has 5 nitrogen and oxygen atoms in total. The lowest BCUT2D eigenvalue weighted by Crippen LogP contribution is -2.53. The lowest BCUT2D eigenvalue weighted by molar-refractivity contribution is 0.0476. The van der Waals surface area contributed by atoms with Crippen molar-refractivity contribution in [2.24, 2.45) is 5.73 Å². The molecule has 3 N–H and O–H groups in total. The summed E-state index contributed by atoms with van der Waals surface area (Å²) >= 11 is 0. The molecule has 1 aromatic carbocycles. The third-order valence-electron chi connectivity index (χ3n) is 3.45. The van der Waals surface area contributed by atoms with Crippen molar-refractivity contribution >= 4 is 6.09 Å². The van der Waals surface area contributed by atoms with E-state index in [1.165, 1.54) is 12.1 Å². The van der Waals surface area contributed by atoms with Gasteiger partial charge in [0.25, 0.3) is 0 Å². The fourth-order valence-corrected chi connectivity index (χ4v) is 2.40. The predicted molar refractivity (Wildman–Crippen MR) is 89.5 cm³/mol. The number of nitrogens with two attached hydrogens (primary N) is 1. The number of carbonyl (C=O) groups excluding carboxylic acids is 1. The summed E-state index contributed by atoms with van der Waals surface area (Å²) in [6, 6.07) is 6.16. The molecule has 1 rings (SSSR count). The fraction of sp³-hybridized carbons (Fsp3) is 0.588. The maximum atomic E-state index is 13.3. The van der Waals surface area contributed by atoms with E-state index in [1.807, 2.05) is 45.7 Å². The molecule has 0 fully saturated rings. The van der Waals surface area contributed by atoms with Gasteiger partial charge in [-0.15, -0.1) is 0 Å². The Morgan fingerprint density at radius 1 is 1.43 bits per heavy atom. The summed E-state index contributed by atoms with van der Waals surface area (Å²) in [5.41, 5.74) is 6.16. The number of hydrogen-bond acceptors (Lipinski definition) is 4. The molecule has 0 aliphatic heterocycles. The van der Waals surface area contributed by atoms with E-state index >= 15 is 0 Å². The number of carbonyl (C=O) groups is 1. The molecule has 2 unspecified atom stereocenters. The molecule has 23 heavy (non-hydrogen) atoms. The van der Waals surface area contributed by atoms with Gasteiger partial charge in [0.2, 0.25) is 0 Å². The van der Waals surface area contributed by atoms with Gasteiger partial charge < -0.3 is 15.8 Å². The van der Waals surface area contributed by atoms with Crippen molar-refractivity contribution in [3.05, 3.63) is 35.6 Å². The van der Waals surface area contributed by atoms with Gasteiger partial charge in [0.05, 0.1) is 0 Å². The van der Waals surface area contributed by atoms with E-state index in [-0.39, 0.29) is 17.9 Å². The molecule has 0 radical (unpaired) electrons. The third kappa shape index (κ3) is 6.97. The highest BCUT2D eigenvalue weighted by Crippen LogP contribution is 2.11. The third-order valence-corrected chi connectivity index (χ3v) is 3.45. The second kappa shape index (κ2) is 8.26. The monoisotopic (exact) mass is 325 g/mol. The van der Waals surface area contributed by atoms with Gasteiger partial charge in [-0.05, 0) is 52.4 Å². The first-order chi connectivity index (χ1) is 10.6. The standard InChI is InChI=1S/C17H28FN3O2/c1-12(20-16(22)23-17(2,3)4)15(10-19)21(5)11-13-7-6-8-14(18)9-13/h6-9,12,15H,10-11,19H2,1-5H3,(H,20,22). The van der Waals surface area contributed by atoms with Crippen molar-refractivity contribution in [3.63, 3.8) is 0 Å². The van der Waals surface area contributed by atoms with Crippen molar-refractivity contribution < 1.29 is 13.9 Å². The fourth-order valence-electron chi connectivity index (χ4n) is 2.40. The minimum atomic E-state index is -0.546. The van der Waals surface area contributed by atoms with Gasteiger partial charge in [-0.3, -0.25) is 4.90 Å². The van der Waals surface area contributed by atoms with Crippen molar-refractivity contribution in [3.8, 4) is 0 Å². The summed E-state index contributed by atoms with van der Waals surface area (Å²) in [6.07, 6.45) is -0.470. The van der Waals surface area contributed by atoms with Crippen LogP contribution in [0, 0.1) is 5.82 Å².